The van der Waals surface area contributed by atoms with Crippen molar-refractivity contribution in [1.29, 1.82) is 0 Å². The lowest BCUT2D eigenvalue weighted by Crippen LogP contribution is -2.09. The lowest BCUT2D eigenvalue weighted by atomic mass is 10.4. The van der Waals surface area contributed by atoms with Crippen molar-refractivity contribution in [2.45, 2.75) is 0 Å². The van der Waals surface area contributed by atoms with Crippen LogP contribution in [0, 0.1) is 0 Å². The van der Waals surface area contributed by atoms with E-state index in [1.807, 2.05) is 0 Å². The number of carboxylic acid groups (broad SMARTS) is 1. The molecule has 7 nitrogen and oxygen atoms in total. The molecule has 82 valence electrons. The topological polar surface area (TPSA) is 105 Å². The van der Waals surface area contributed by atoms with E-state index in [1.54, 1.807) is 0 Å². The summed E-state index contributed by atoms with van der Waals surface area (Å²) in [4.78, 5) is 22.0. The van der Waals surface area contributed by atoms with Gasteiger partial charge in [-0.1, -0.05) is 4.49 Å². The van der Waals surface area contributed by atoms with Crippen molar-refractivity contribution >= 4 is 28.4 Å². The summed E-state index contributed by atoms with van der Waals surface area (Å²) in [5.74, 6) is -2.13. The van der Waals surface area contributed by atoms with Gasteiger partial charge in [-0.05, 0) is 12.1 Å². The number of anilines is 1. The number of carbonyl (C=O) groups excluding carboxylic acids is 1. The second kappa shape index (κ2) is 4.11. The molecule has 2 aromatic rings. The molecule has 0 saturated carbocycles. The quantitative estimate of drug-likeness (QED) is 0.830. The van der Waals surface area contributed by atoms with Crippen LogP contribution in [0.15, 0.2) is 22.7 Å². The molecule has 8 heteroatoms. The first-order valence-corrected chi connectivity index (χ1v) is 4.86. The molecular formula is C8H5N3O4S. The summed E-state index contributed by atoms with van der Waals surface area (Å²) in [6, 6.07) is 2.50. The zero-order chi connectivity index (χ0) is 11.5. The maximum Gasteiger partial charge on any atom is 0.371 e. The Kier molecular flexibility index (Phi) is 2.64. The molecule has 0 atom stereocenters. The van der Waals surface area contributed by atoms with Crippen LogP contribution in [0.1, 0.15) is 21.1 Å². The highest BCUT2D eigenvalue weighted by Crippen LogP contribution is 2.13. The van der Waals surface area contributed by atoms with Gasteiger partial charge in [-0.3, -0.25) is 4.79 Å². The minimum atomic E-state index is -1.22. The van der Waals surface area contributed by atoms with Gasteiger partial charge in [-0.15, -0.1) is 5.10 Å². The van der Waals surface area contributed by atoms with Crippen LogP contribution in [-0.2, 0) is 0 Å². The van der Waals surface area contributed by atoms with E-state index in [-0.39, 0.29) is 11.5 Å². The molecule has 1 amide bonds. The fraction of sp³-hybridized carbons (Fsp3) is 0. The van der Waals surface area contributed by atoms with Crippen molar-refractivity contribution in [3.8, 4) is 0 Å². The van der Waals surface area contributed by atoms with E-state index in [2.05, 4.69) is 14.9 Å². The maximum absolute atomic E-state index is 11.5. The Labute approximate surface area is 92.9 Å². The van der Waals surface area contributed by atoms with Crippen molar-refractivity contribution in [3.05, 3.63) is 29.9 Å². The molecule has 0 aromatic carbocycles. The van der Waals surface area contributed by atoms with Crippen LogP contribution in [0.2, 0.25) is 0 Å². The van der Waals surface area contributed by atoms with Gasteiger partial charge in [-0.2, -0.15) is 0 Å². The first-order chi connectivity index (χ1) is 7.66. The molecule has 0 saturated heterocycles. The number of hydrogen-bond acceptors (Lipinski definition) is 6. The minimum absolute atomic E-state index is 0.0780. The number of carboxylic acids is 1. The van der Waals surface area contributed by atoms with E-state index in [9.17, 15) is 9.59 Å². The van der Waals surface area contributed by atoms with Crippen LogP contribution >= 0.6 is 11.5 Å². The van der Waals surface area contributed by atoms with Crippen LogP contribution in [-0.4, -0.2) is 26.6 Å². The molecule has 2 rings (SSSR count). The van der Waals surface area contributed by atoms with Crippen LogP contribution in [0.25, 0.3) is 0 Å². The fourth-order valence-corrected chi connectivity index (χ4v) is 1.39. The summed E-state index contributed by atoms with van der Waals surface area (Å²) in [5, 5.41) is 15.0. The van der Waals surface area contributed by atoms with Gasteiger partial charge in [-0.25, -0.2) is 4.79 Å². The zero-order valence-electron chi connectivity index (χ0n) is 7.71. The summed E-state index contributed by atoms with van der Waals surface area (Å²) in [6.45, 7) is 0. The van der Waals surface area contributed by atoms with Crippen LogP contribution in [0.5, 0.6) is 0 Å². The monoisotopic (exact) mass is 239 g/mol. The summed E-state index contributed by atoms with van der Waals surface area (Å²) in [6.07, 6.45) is 1.38. The van der Waals surface area contributed by atoms with E-state index < -0.39 is 11.9 Å². The maximum atomic E-state index is 11.5. The van der Waals surface area contributed by atoms with E-state index in [4.69, 9.17) is 9.52 Å². The Morgan fingerprint density at radius 2 is 2.12 bits per heavy atom. The lowest BCUT2D eigenvalue weighted by Gasteiger charge is -1.96. The molecule has 2 aromatic heterocycles. The van der Waals surface area contributed by atoms with Gasteiger partial charge in [0.2, 0.25) is 5.76 Å². The van der Waals surface area contributed by atoms with Crippen molar-refractivity contribution < 1.29 is 19.1 Å². The third-order valence-corrected chi connectivity index (χ3v) is 2.22. The lowest BCUT2D eigenvalue weighted by molar-refractivity contribution is 0.0660. The van der Waals surface area contributed by atoms with Gasteiger partial charge in [0.1, 0.15) is 5.00 Å². The normalized spacial score (nSPS) is 10.0. The number of aromatic nitrogens is 2. The standard InChI is InChI=1S/C8H5N3O4S/c12-7(10-6-3-9-11-16-6)4-1-2-5(15-4)8(13)14/h1-3H,(H,10,12)(H,13,14). The Bertz CT molecular complexity index is 519. The van der Waals surface area contributed by atoms with Crippen molar-refractivity contribution in [3.63, 3.8) is 0 Å². The summed E-state index contributed by atoms with van der Waals surface area (Å²) in [7, 11) is 0. The van der Waals surface area contributed by atoms with Crippen LogP contribution in [0.4, 0.5) is 5.00 Å². The Morgan fingerprint density at radius 1 is 1.38 bits per heavy atom. The second-order valence-electron chi connectivity index (χ2n) is 2.70. The number of nitrogens with one attached hydrogen (secondary N) is 1. The second-order valence-corrected chi connectivity index (χ2v) is 3.49. The van der Waals surface area contributed by atoms with Crippen molar-refractivity contribution in [1.82, 2.24) is 9.59 Å². The Hall–Kier alpha value is -2.22. The Balaban J connectivity index is 2.12. The molecule has 0 aliphatic heterocycles. The largest absolute Gasteiger partial charge is 0.475 e. The average molecular weight is 239 g/mol. The summed E-state index contributed by atoms with van der Waals surface area (Å²) >= 11 is 1.01. The molecule has 0 unspecified atom stereocenters. The van der Waals surface area contributed by atoms with Gasteiger partial charge in [0.25, 0.3) is 5.91 Å². The molecule has 0 aliphatic rings. The van der Waals surface area contributed by atoms with Crippen molar-refractivity contribution in [2.75, 3.05) is 5.32 Å². The number of carbonyl (C=O) groups is 2. The average Bonchev–Trinajstić information content (AvgIpc) is 2.86. The highest BCUT2D eigenvalue weighted by molar-refractivity contribution is 7.10. The van der Waals surface area contributed by atoms with Crippen LogP contribution in [0.3, 0.4) is 0 Å². The highest BCUT2D eigenvalue weighted by Gasteiger charge is 2.15. The number of aromatic carboxylic acids is 1. The third kappa shape index (κ3) is 2.06. The first-order valence-electron chi connectivity index (χ1n) is 4.08. The van der Waals surface area contributed by atoms with Gasteiger partial charge in [0, 0.05) is 11.5 Å². The Morgan fingerprint density at radius 3 is 2.69 bits per heavy atom. The first kappa shape index (κ1) is 10.3. The SMILES string of the molecule is O=C(O)c1ccc(C(=O)Nc2cnns2)o1. The number of amides is 1. The predicted octanol–water partition coefficient (Wildman–Crippen LogP) is 1.08. The fourth-order valence-electron chi connectivity index (χ4n) is 0.971. The summed E-state index contributed by atoms with van der Waals surface area (Å²) in [5.41, 5.74) is 0. The van der Waals surface area contributed by atoms with Gasteiger partial charge in [0.15, 0.2) is 5.76 Å². The molecular weight excluding hydrogens is 234 g/mol. The smallest absolute Gasteiger partial charge is 0.371 e. The van der Waals surface area contributed by atoms with Gasteiger partial charge in [0.05, 0.1) is 6.20 Å². The zero-order valence-corrected chi connectivity index (χ0v) is 8.52. The third-order valence-electron chi connectivity index (χ3n) is 1.64. The van der Waals surface area contributed by atoms with E-state index in [0.717, 1.165) is 11.5 Å². The molecule has 0 spiro atoms. The molecule has 16 heavy (non-hydrogen) atoms. The number of hydrogen-bond donors (Lipinski definition) is 2. The molecule has 2 N–H and O–H groups in total. The van der Waals surface area contributed by atoms with E-state index in [1.165, 1.54) is 18.3 Å². The number of furan rings is 1. The van der Waals surface area contributed by atoms with E-state index >= 15 is 0 Å². The predicted molar refractivity (Wildman–Crippen MR) is 53.5 cm³/mol. The molecule has 0 bridgehead atoms. The number of rotatable bonds is 3. The molecule has 0 aliphatic carbocycles. The molecule has 0 radical (unpaired) electrons. The van der Waals surface area contributed by atoms with Crippen molar-refractivity contribution in [2.24, 2.45) is 0 Å². The van der Waals surface area contributed by atoms with Gasteiger partial charge < -0.3 is 14.8 Å². The molecule has 0 fully saturated rings. The number of nitrogens with zero attached hydrogens (tertiary/aromatic N) is 2. The summed E-state index contributed by atoms with van der Waals surface area (Å²) < 4.78 is 8.36. The van der Waals surface area contributed by atoms with Gasteiger partial charge >= 0.3 is 5.97 Å². The highest BCUT2D eigenvalue weighted by atomic mass is 32.1. The molecule has 2 heterocycles. The minimum Gasteiger partial charge on any atom is -0.475 e. The van der Waals surface area contributed by atoms with Crippen LogP contribution < -0.4 is 5.32 Å². The van der Waals surface area contributed by atoms with E-state index in [0.29, 0.717) is 5.00 Å².